The summed E-state index contributed by atoms with van der Waals surface area (Å²) in [4.78, 5) is 4.11. The summed E-state index contributed by atoms with van der Waals surface area (Å²) in [5.41, 5.74) is 8.44. The van der Waals surface area contributed by atoms with Gasteiger partial charge in [-0.1, -0.05) is 24.3 Å². The van der Waals surface area contributed by atoms with Crippen molar-refractivity contribution >= 4 is 11.5 Å². The predicted octanol–water partition coefficient (Wildman–Crippen LogP) is 1.64. The number of nitrogens with two attached hydrogens (primary N) is 1. The Kier molecular flexibility index (Phi) is 3.96. The Morgan fingerprint density at radius 3 is 2.84 bits per heavy atom. The van der Waals surface area contributed by atoms with E-state index >= 15 is 0 Å². The van der Waals surface area contributed by atoms with Gasteiger partial charge < -0.3 is 16.2 Å². The number of nitrogens with zero attached hydrogens (tertiary/aromatic N) is 2. The molecular weight excluding hydrogens is 240 g/mol. The minimum Gasteiger partial charge on any atom is -0.395 e. The zero-order valence-corrected chi connectivity index (χ0v) is 10.3. The number of benzene rings is 1. The Balaban J connectivity index is 2.12. The van der Waals surface area contributed by atoms with Crippen LogP contribution < -0.4 is 11.1 Å². The highest BCUT2D eigenvalue weighted by atomic mass is 16.3. The third-order valence-electron chi connectivity index (χ3n) is 2.74. The molecule has 0 aliphatic rings. The Morgan fingerprint density at radius 2 is 2.11 bits per heavy atom. The third-order valence-corrected chi connectivity index (χ3v) is 2.74. The normalized spacial score (nSPS) is 9.89. The van der Waals surface area contributed by atoms with E-state index in [0.717, 1.165) is 11.1 Å². The van der Waals surface area contributed by atoms with E-state index in [2.05, 4.69) is 10.3 Å². The van der Waals surface area contributed by atoms with Crippen LogP contribution in [0.2, 0.25) is 0 Å². The Labute approximate surface area is 111 Å². The molecule has 2 aromatic rings. The number of hydrogen-bond donors (Lipinski definition) is 3. The molecule has 96 valence electrons. The van der Waals surface area contributed by atoms with Crippen molar-refractivity contribution in [3.63, 3.8) is 0 Å². The Hall–Kier alpha value is -2.58. The van der Waals surface area contributed by atoms with Crippen LogP contribution in [0.3, 0.4) is 0 Å². The van der Waals surface area contributed by atoms with Crippen molar-refractivity contribution in [2.24, 2.45) is 0 Å². The second-order valence-electron chi connectivity index (χ2n) is 4.06. The van der Waals surface area contributed by atoms with Crippen LogP contribution in [0.1, 0.15) is 16.7 Å². The highest BCUT2D eigenvalue weighted by molar-refractivity contribution is 5.68. The molecule has 0 unspecified atom stereocenters. The van der Waals surface area contributed by atoms with Crippen molar-refractivity contribution in [2.45, 2.75) is 13.2 Å². The van der Waals surface area contributed by atoms with Crippen LogP contribution in [-0.4, -0.2) is 10.1 Å². The maximum atomic E-state index is 9.07. The highest BCUT2D eigenvalue weighted by Gasteiger charge is 2.05. The quantitative estimate of drug-likeness (QED) is 0.771. The van der Waals surface area contributed by atoms with Crippen LogP contribution in [0, 0.1) is 11.3 Å². The molecule has 0 aliphatic carbocycles. The monoisotopic (exact) mass is 254 g/mol. The zero-order chi connectivity index (χ0) is 13.7. The molecule has 0 saturated carbocycles. The van der Waals surface area contributed by atoms with Crippen LogP contribution >= 0.6 is 0 Å². The van der Waals surface area contributed by atoms with Gasteiger partial charge in [-0.15, -0.1) is 0 Å². The molecule has 2 rings (SSSR count). The molecule has 0 spiro atoms. The highest BCUT2D eigenvalue weighted by Crippen LogP contribution is 2.19. The van der Waals surface area contributed by atoms with E-state index in [9.17, 15) is 0 Å². The van der Waals surface area contributed by atoms with Crippen molar-refractivity contribution in [1.29, 1.82) is 5.26 Å². The first-order valence-electron chi connectivity index (χ1n) is 5.81. The standard InChI is InChI=1S/C14H14N4O/c15-7-12-4-5-17-14(13(12)16)18-8-10-2-1-3-11(6-10)9-19/h1-6,19H,8-9,16H2,(H,17,18). The molecule has 0 aliphatic heterocycles. The van der Waals surface area contributed by atoms with Crippen molar-refractivity contribution in [3.05, 3.63) is 53.2 Å². The fourth-order valence-corrected chi connectivity index (χ4v) is 1.74. The van der Waals surface area contributed by atoms with E-state index < -0.39 is 0 Å². The number of anilines is 2. The van der Waals surface area contributed by atoms with Gasteiger partial charge in [-0.05, 0) is 17.2 Å². The molecule has 5 heteroatoms. The van der Waals surface area contributed by atoms with Crippen LogP contribution in [0.15, 0.2) is 36.5 Å². The SMILES string of the molecule is N#Cc1ccnc(NCc2cccc(CO)c2)c1N. The van der Waals surface area contributed by atoms with Gasteiger partial charge in [0.15, 0.2) is 5.82 Å². The number of hydrogen-bond acceptors (Lipinski definition) is 5. The second kappa shape index (κ2) is 5.85. The van der Waals surface area contributed by atoms with Crippen molar-refractivity contribution in [2.75, 3.05) is 11.1 Å². The number of nitrogens with one attached hydrogen (secondary N) is 1. The molecule has 0 amide bonds. The molecule has 0 saturated heterocycles. The lowest BCUT2D eigenvalue weighted by atomic mass is 10.1. The Bertz CT molecular complexity index is 619. The summed E-state index contributed by atoms with van der Waals surface area (Å²) in [6.07, 6.45) is 1.54. The zero-order valence-electron chi connectivity index (χ0n) is 10.3. The van der Waals surface area contributed by atoms with E-state index in [1.807, 2.05) is 30.3 Å². The number of rotatable bonds is 4. The van der Waals surface area contributed by atoms with Gasteiger partial charge in [0.1, 0.15) is 6.07 Å². The summed E-state index contributed by atoms with van der Waals surface area (Å²) in [5.74, 6) is 0.494. The first-order chi connectivity index (χ1) is 9.24. The number of nitrogen functional groups attached to an aromatic ring is 1. The number of aliphatic hydroxyl groups excluding tert-OH is 1. The lowest BCUT2D eigenvalue weighted by Crippen LogP contribution is -2.06. The van der Waals surface area contributed by atoms with E-state index in [1.165, 1.54) is 0 Å². The van der Waals surface area contributed by atoms with Gasteiger partial charge in [0.25, 0.3) is 0 Å². The molecule has 5 nitrogen and oxygen atoms in total. The van der Waals surface area contributed by atoms with Gasteiger partial charge in [0.05, 0.1) is 17.9 Å². The van der Waals surface area contributed by atoms with Gasteiger partial charge in [-0.3, -0.25) is 0 Å². The fourth-order valence-electron chi connectivity index (χ4n) is 1.74. The molecule has 0 atom stereocenters. The average molecular weight is 254 g/mol. The molecule has 0 bridgehead atoms. The van der Waals surface area contributed by atoms with E-state index in [4.69, 9.17) is 16.1 Å². The van der Waals surface area contributed by atoms with Gasteiger partial charge >= 0.3 is 0 Å². The number of aliphatic hydroxyl groups is 1. The van der Waals surface area contributed by atoms with Crippen LogP contribution in [0.25, 0.3) is 0 Å². The van der Waals surface area contributed by atoms with Crippen molar-refractivity contribution in [3.8, 4) is 6.07 Å². The molecule has 4 N–H and O–H groups in total. The maximum Gasteiger partial charge on any atom is 0.150 e. The van der Waals surface area contributed by atoms with Crippen molar-refractivity contribution in [1.82, 2.24) is 4.98 Å². The van der Waals surface area contributed by atoms with Gasteiger partial charge in [0.2, 0.25) is 0 Å². The molecule has 1 aromatic heterocycles. The Morgan fingerprint density at radius 1 is 1.32 bits per heavy atom. The second-order valence-corrected chi connectivity index (χ2v) is 4.06. The smallest absolute Gasteiger partial charge is 0.150 e. The molecule has 0 radical (unpaired) electrons. The summed E-state index contributed by atoms with van der Waals surface area (Å²) >= 11 is 0. The van der Waals surface area contributed by atoms with Gasteiger partial charge in [0, 0.05) is 12.7 Å². The number of nitriles is 1. The first kappa shape index (κ1) is 12.9. The van der Waals surface area contributed by atoms with E-state index in [-0.39, 0.29) is 6.61 Å². The van der Waals surface area contributed by atoms with E-state index in [0.29, 0.717) is 23.6 Å². The molecular formula is C14H14N4O. The third kappa shape index (κ3) is 3.00. The molecule has 19 heavy (non-hydrogen) atoms. The summed E-state index contributed by atoms with van der Waals surface area (Å²) < 4.78 is 0. The minimum atomic E-state index is 0.0121. The number of pyridine rings is 1. The molecule has 1 aromatic carbocycles. The topological polar surface area (TPSA) is 95.0 Å². The van der Waals surface area contributed by atoms with E-state index in [1.54, 1.807) is 12.3 Å². The largest absolute Gasteiger partial charge is 0.395 e. The van der Waals surface area contributed by atoms with Crippen LogP contribution in [-0.2, 0) is 13.2 Å². The average Bonchev–Trinajstić information content (AvgIpc) is 2.46. The first-order valence-corrected chi connectivity index (χ1v) is 5.81. The number of aromatic nitrogens is 1. The fraction of sp³-hybridized carbons (Fsp3) is 0.143. The lowest BCUT2D eigenvalue weighted by molar-refractivity contribution is 0.281. The molecule has 1 heterocycles. The van der Waals surface area contributed by atoms with Gasteiger partial charge in [-0.25, -0.2) is 4.98 Å². The summed E-state index contributed by atoms with van der Waals surface area (Å²) in [5, 5.41) is 21.0. The molecule has 0 fully saturated rings. The van der Waals surface area contributed by atoms with Crippen LogP contribution in [0.4, 0.5) is 11.5 Å². The predicted molar refractivity (Wildman–Crippen MR) is 73.1 cm³/mol. The minimum absolute atomic E-state index is 0.0121. The summed E-state index contributed by atoms with van der Waals surface area (Å²) in [7, 11) is 0. The maximum absolute atomic E-state index is 9.07. The summed E-state index contributed by atoms with van der Waals surface area (Å²) in [6, 6.07) is 11.2. The lowest BCUT2D eigenvalue weighted by Gasteiger charge is -2.09. The van der Waals surface area contributed by atoms with Crippen molar-refractivity contribution < 1.29 is 5.11 Å². The summed E-state index contributed by atoms with van der Waals surface area (Å²) in [6.45, 7) is 0.540. The van der Waals surface area contributed by atoms with Gasteiger partial charge in [-0.2, -0.15) is 5.26 Å². The van der Waals surface area contributed by atoms with Crippen LogP contribution in [0.5, 0.6) is 0 Å².